The second kappa shape index (κ2) is 5.71. The Balaban J connectivity index is 3.41. The lowest BCUT2D eigenvalue weighted by atomic mass is 10.2. The second-order valence-electron chi connectivity index (χ2n) is 3.60. The molecule has 2 nitrogen and oxygen atoms in total. The van der Waals surface area contributed by atoms with Gasteiger partial charge in [0.1, 0.15) is 0 Å². The third kappa shape index (κ3) is 2.91. The smallest absolute Gasteiger partial charge is 0.228 e. The average molecular weight is 256 g/mol. The standard InChI is InChI=1S/C13H15F3N2/c1-4-7-8-11(6-3)18-12(13(14,15)16)10(5-2)9-17-18/h4,6-9H,3,5H2,1-2H3/b7-4-,11-8+. The molecule has 1 rings (SSSR count). The maximum Gasteiger partial charge on any atom is 0.433 e. The van der Waals surface area contributed by atoms with E-state index < -0.39 is 11.9 Å². The van der Waals surface area contributed by atoms with Gasteiger partial charge in [0.05, 0.1) is 11.9 Å². The molecule has 0 N–H and O–H groups in total. The maximum atomic E-state index is 13.0. The third-order valence-electron chi connectivity index (χ3n) is 2.41. The van der Waals surface area contributed by atoms with Crippen molar-refractivity contribution >= 4 is 5.70 Å². The van der Waals surface area contributed by atoms with Gasteiger partial charge >= 0.3 is 6.18 Å². The van der Waals surface area contributed by atoms with Gasteiger partial charge in [-0.25, -0.2) is 4.68 Å². The molecule has 0 saturated heterocycles. The summed E-state index contributed by atoms with van der Waals surface area (Å²) >= 11 is 0. The fraction of sp³-hybridized carbons (Fsp3) is 0.308. The van der Waals surface area contributed by atoms with E-state index in [1.54, 1.807) is 26.0 Å². The Morgan fingerprint density at radius 2 is 2.17 bits per heavy atom. The van der Waals surface area contributed by atoms with Crippen molar-refractivity contribution in [1.29, 1.82) is 0 Å². The predicted molar refractivity (Wildman–Crippen MR) is 65.9 cm³/mol. The number of rotatable bonds is 4. The quantitative estimate of drug-likeness (QED) is 0.742. The largest absolute Gasteiger partial charge is 0.433 e. The zero-order valence-electron chi connectivity index (χ0n) is 10.3. The minimum atomic E-state index is -4.43. The summed E-state index contributed by atoms with van der Waals surface area (Å²) in [5.74, 6) is 0. The monoisotopic (exact) mass is 256 g/mol. The molecule has 0 amide bonds. The van der Waals surface area contributed by atoms with Crippen molar-refractivity contribution in [2.45, 2.75) is 26.4 Å². The first-order chi connectivity index (χ1) is 8.45. The molecule has 0 aromatic carbocycles. The van der Waals surface area contributed by atoms with Crippen LogP contribution >= 0.6 is 0 Å². The molecule has 0 atom stereocenters. The number of alkyl halides is 3. The highest BCUT2D eigenvalue weighted by molar-refractivity contribution is 5.59. The van der Waals surface area contributed by atoms with Crippen molar-refractivity contribution in [3.8, 4) is 0 Å². The van der Waals surface area contributed by atoms with Gasteiger partial charge in [-0.15, -0.1) is 0 Å². The van der Waals surface area contributed by atoms with Crippen LogP contribution in [-0.2, 0) is 12.6 Å². The number of allylic oxidation sites excluding steroid dienone is 5. The van der Waals surface area contributed by atoms with E-state index in [2.05, 4.69) is 11.7 Å². The van der Waals surface area contributed by atoms with Gasteiger partial charge < -0.3 is 0 Å². The predicted octanol–water partition coefficient (Wildman–Crippen LogP) is 4.07. The van der Waals surface area contributed by atoms with Crippen LogP contribution in [0.25, 0.3) is 5.70 Å². The zero-order chi connectivity index (χ0) is 13.8. The summed E-state index contributed by atoms with van der Waals surface area (Å²) in [5, 5.41) is 3.80. The van der Waals surface area contributed by atoms with Gasteiger partial charge in [0.2, 0.25) is 0 Å². The minimum Gasteiger partial charge on any atom is -0.228 e. The summed E-state index contributed by atoms with van der Waals surface area (Å²) < 4.78 is 39.9. The van der Waals surface area contributed by atoms with Crippen LogP contribution in [0.2, 0.25) is 0 Å². The van der Waals surface area contributed by atoms with Crippen LogP contribution in [0, 0.1) is 0 Å². The van der Waals surface area contributed by atoms with Crippen molar-refractivity contribution in [3.63, 3.8) is 0 Å². The Morgan fingerprint density at radius 3 is 2.61 bits per heavy atom. The summed E-state index contributed by atoms with van der Waals surface area (Å²) in [6, 6.07) is 0. The Bertz CT molecular complexity index is 479. The van der Waals surface area contributed by atoms with Gasteiger partial charge in [-0.3, -0.25) is 0 Å². The van der Waals surface area contributed by atoms with Crippen molar-refractivity contribution < 1.29 is 13.2 Å². The van der Waals surface area contributed by atoms with Gasteiger partial charge in [0.25, 0.3) is 0 Å². The Labute approximate surface area is 104 Å². The molecular weight excluding hydrogens is 241 g/mol. The highest BCUT2D eigenvalue weighted by Gasteiger charge is 2.38. The topological polar surface area (TPSA) is 17.8 Å². The van der Waals surface area contributed by atoms with Crippen molar-refractivity contribution in [1.82, 2.24) is 9.78 Å². The van der Waals surface area contributed by atoms with Crippen LogP contribution in [0.5, 0.6) is 0 Å². The number of aryl methyl sites for hydroxylation is 1. The molecule has 1 aromatic rings. The molecule has 0 aliphatic carbocycles. The molecular formula is C13H15F3N2. The van der Waals surface area contributed by atoms with E-state index in [-0.39, 0.29) is 12.0 Å². The van der Waals surface area contributed by atoms with Crippen LogP contribution < -0.4 is 0 Å². The number of hydrogen-bond donors (Lipinski definition) is 0. The number of aromatic nitrogens is 2. The van der Waals surface area contributed by atoms with Crippen LogP contribution in [0.4, 0.5) is 13.2 Å². The van der Waals surface area contributed by atoms with Gasteiger partial charge in [0.15, 0.2) is 5.69 Å². The Morgan fingerprint density at radius 1 is 1.50 bits per heavy atom. The van der Waals surface area contributed by atoms with Crippen LogP contribution in [0.3, 0.4) is 0 Å². The van der Waals surface area contributed by atoms with Gasteiger partial charge in [-0.2, -0.15) is 18.3 Å². The molecule has 1 aromatic heterocycles. The van der Waals surface area contributed by atoms with Crippen LogP contribution in [0.15, 0.2) is 37.1 Å². The van der Waals surface area contributed by atoms with Gasteiger partial charge in [0, 0.05) is 5.56 Å². The van der Waals surface area contributed by atoms with E-state index in [0.717, 1.165) is 4.68 Å². The van der Waals surface area contributed by atoms with Gasteiger partial charge in [-0.05, 0) is 25.5 Å². The van der Waals surface area contributed by atoms with Crippen LogP contribution in [-0.4, -0.2) is 9.78 Å². The number of halogens is 3. The van der Waals surface area contributed by atoms with Crippen molar-refractivity contribution in [2.75, 3.05) is 0 Å². The number of hydrogen-bond acceptors (Lipinski definition) is 1. The SMILES string of the molecule is C=C/C(=C\C=C/C)n1ncc(CC)c1C(F)(F)F. The van der Waals surface area contributed by atoms with E-state index in [1.165, 1.54) is 18.3 Å². The molecule has 0 unspecified atom stereocenters. The molecule has 0 saturated carbocycles. The lowest BCUT2D eigenvalue weighted by Crippen LogP contribution is -2.15. The van der Waals surface area contributed by atoms with E-state index in [0.29, 0.717) is 5.70 Å². The van der Waals surface area contributed by atoms with Crippen molar-refractivity contribution in [3.05, 3.63) is 48.3 Å². The average Bonchev–Trinajstić information content (AvgIpc) is 2.73. The van der Waals surface area contributed by atoms with E-state index in [9.17, 15) is 13.2 Å². The maximum absolute atomic E-state index is 13.0. The van der Waals surface area contributed by atoms with Crippen LogP contribution in [0.1, 0.15) is 25.1 Å². The molecule has 0 aliphatic heterocycles. The Hall–Kier alpha value is -1.78. The zero-order valence-corrected chi connectivity index (χ0v) is 10.3. The normalized spacial score (nSPS) is 13.3. The lowest BCUT2D eigenvalue weighted by molar-refractivity contribution is -0.143. The first-order valence-corrected chi connectivity index (χ1v) is 5.55. The fourth-order valence-electron chi connectivity index (χ4n) is 1.56. The molecule has 0 radical (unpaired) electrons. The van der Waals surface area contributed by atoms with Gasteiger partial charge in [-0.1, -0.05) is 25.7 Å². The highest BCUT2D eigenvalue weighted by atomic mass is 19.4. The second-order valence-corrected chi connectivity index (χ2v) is 3.60. The van der Waals surface area contributed by atoms with Crippen molar-refractivity contribution in [2.24, 2.45) is 0 Å². The van der Waals surface area contributed by atoms with E-state index >= 15 is 0 Å². The molecule has 5 heteroatoms. The molecule has 1 heterocycles. The lowest BCUT2D eigenvalue weighted by Gasteiger charge is -2.12. The Kier molecular flexibility index (Phi) is 4.53. The minimum absolute atomic E-state index is 0.177. The number of nitrogens with zero attached hydrogens (tertiary/aromatic N) is 2. The molecule has 0 fully saturated rings. The first kappa shape index (κ1) is 14.3. The van der Waals surface area contributed by atoms with E-state index in [4.69, 9.17) is 0 Å². The molecule has 18 heavy (non-hydrogen) atoms. The highest BCUT2D eigenvalue weighted by Crippen LogP contribution is 2.33. The summed E-state index contributed by atoms with van der Waals surface area (Å²) in [5.41, 5.74) is -0.267. The first-order valence-electron chi connectivity index (χ1n) is 5.55. The molecule has 98 valence electrons. The summed E-state index contributed by atoms with van der Waals surface area (Å²) in [4.78, 5) is 0. The van der Waals surface area contributed by atoms with E-state index in [1.807, 2.05) is 0 Å². The summed E-state index contributed by atoms with van der Waals surface area (Å²) in [6.45, 7) is 6.96. The molecule has 0 spiro atoms. The summed E-state index contributed by atoms with van der Waals surface area (Å²) in [6.07, 6.45) is 3.35. The summed E-state index contributed by atoms with van der Waals surface area (Å²) in [7, 11) is 0. The molecule has 0 bridgehead atoms. The molecule has 0 aliphatic rings. The third-order valence-corrected chi connectivity index (χ3v) is 2.41. The fourth-order valence-corrected chi connectivity index (χ4v) is 1.56.